The molecule has 5 heteroatoms. The van der Waals surface area contributed by atoms with Crippen LogP contribution in [0.2, 0.25) is 0 Å². The van der Waals surface area contributed by atoms with Gasteiger partial charge in [-0.05, 0) is 30.7 Å². The lowest BCUT2D eigenvalue weighted by atomic mass is 10.1. The third-order valence-electron chi connectivity index (χ3n) is 3.78. The van der Waals surface area contributed by atoms with Crippen LogP contribution in [-0.4, -0.2) is 21.8 Å². The molecule has 0 unspecified atom stereocenters. The molecule has 0 fully saturated rings. The number of nitrogens with one attached hydrogen (secondary N) is 1. The van der Waals surface area contributed by atoms with E-state index in [9.17, 15) is 9.59 Å². The van der Waals surface area contributed by atoms with Crippen LogP contribution in [0.5, 0.6) is 5.75 Å². The summed E-state index contributed by atoms with van der Waals surface area (Å²) in [5.41, 5.74) is 2.85. The Morgan fingerprint density at radius 1 is 1.12 bits per heavy atom. The molecule has 0 aliphatic carbocycles. The second kappa shape index (κ2) is 6.58. The van der Waals surface area contributed by atoms with Gasteiger partial charge in [0.2, 0.25) is 0 Å². The van der Waals surface area contributed by atoms with Crippen LogP contribution >= 0.6 is 0 Å². The van der Waals surface area contributed by atoms with Crippen LogP contribution in [0.15, 0.2) is 48.5 Å². The Morgan fingerprint density at radius 2 is 1.92 bits per heavy atom. The van der Waals surface area contributed by atoms with Gasteiger partial charge in [0.1, 0.15) is 12.4 Å². The van der Waals surface area contributed by atoms with E-state index in [1.807, 2.05) is 36.4 Å². The standard InChI is InChI=1S/C19H17NO4/c1-12(21)14-6-4-5-13(9-14)11-24-19-15-7-2-3-8-16(15)20-17(19)10-18(22)23/h2-9,20H,10-11H2,1H3,(H,22,23). The number of aliphatic carboxylic acids is 1. The van der Waals surface area contributed by atoms with E-state index in [1.165, 1.54) is 6.92 Å². The molecule has 3 aromatic rings. The van der Waals surface area contributed by atoms with E-state index in [1.54, 1.807) is 12.1 Å². The van der Waals surface area contributed by atoms with Crippen molar-refractivity contribution in [3.63, 3.8) is 0 Å². The van der Waals surface area contributed by atoms with Crippen molar-refractivity contribution in [1.82, 2.24) is 4.98 Å². The van der Waals surface area contributed by atoms with Crippen molar-refractivity contribution in [2.75, 3.05) is 0 Å². The molecule has 0 saturated carbocycles. The molecule has 0 aliphatic rings. The molecule has 0 bridgehead atoms. The van der Waals surface area contributed by atoms with Gasteiger partial charge in [-0.2, -0.15) is 0 Å². The minimum Gasteiger partial charge on any atom is -0.486 e. The Labute approximate surface area is 138 Å². The minimum atomic E-state index is -0.926. The zero-order valence-corrected chi connectivity index (χ0v) is 13.2. The first-order chi connectivity index (χ1) is 11.5. The number of ether oxygens (including phenoxy) is 1. The molecule has 0 amide bonds. The molecule has 0 saturated heterocycles. The van der Waals surface area contributed by atoms with Crippen LogP contribution in [0, 0.1) is 0 Å². The van der Waals surface area contributed by atoms with Crippen molar-refractivity contribution >= 4 is 22.7 Å². The number of fused-ring (bicyclic) bond motifs is 1. The van der Waals surface area contributed by atoms with Gasteiger partial charge >= 0.3 is 5.97 Å². The molecule has 0 aliphatic heterocycles. The second-order valence-corrected chi connectivity index (χ2v) is 5.59. The van der Waals surface area contributed by atoms with Crippen molar-refractivity contribution in [2.24, 2.45) is 0 Å². The van der Waals surface area contributed by atoms with Gasteiger partial charge in [-0.1, -0.05) is 30.3 Å². The second-order valence-electron chi connectivity index (χ2n) is 5.59. The summed E-state index contributed by atoms with van der Waals surface area (Å²) in [5.74, 6) is -0.387. The van der Waals surface area contributed by atoms with Gasteiger partial charge in [0.25, 0.3) is 0 Å². The zero-order chi connectivity index (χ0) is 17.1. The van der Waals surface area contributed by atoms with Gasteiger partial charge < -0.3 is 14.8 Å². The third kappa shape index (κ3) is 3.30. The fourth-order valence-electron chi connectivity index (χ4n) is 2.65. The zero-order valence-electron chi connectivity index (χ0n) is 13.2. The quantitative estimate of drug-likeness (QED) is 0.680. The number of aromatic nitrogens is 1. The number of H-pyrrole nitrogens is 1. The van der Waals surface area contributed by atoms with Crippen LogP contribution in [0.4, 0.5) is 0 Å². The monoisotopic (exact) mass is 323 g/mol. The molecular weight excluding hydrogens is 306 g/mol. The van der Waals surface area contributed by atoms with E-state index >= 15 is 0 Å². The number of carboxylic acid groups (broad SMARTS) is 1. The van der Waals surface area contributed by atoms with Crippen molar-refractivity contribution in [2.45, 2.75) is 20.0 Å². The average molecular weight is 323 g/mol. The first kappa shape index (κ1) is 15.8. The summed E-state index contributed by atoms with van der Waals surface area (Å²) in [6.45, 7) is 1.78. The van der Waals surface area contributed by atoms with E-state index < -0.39 is 5.97 Å². The van der Waals surface area contributed by atoms with Crippen molar-refractivity contribution in [3.8, 4) is 5.75 Å². The maximum absolute atomic E-state index is 11.5. The van der Waals surface area contributed by atoms with Crippen LogP contribution in [0.3, 0.4) is 0 Å². The fourth-order valence-corrected chi connectivity index (χ4v) is 2.65. The SMILES string of the molecule is CC(=O)c1cccc(COc2c(CC(=O)O)[nH]c3ccccc23)c1. The number of benzene rings is 2. The minimum absolute atomic E-state index is 0.00416. The normalized spacial score (nSPS) is 10.7. The molecule has 24 heavy (non-hydrogen) atoms. The lowest BCUT2D eigenvalue weighted by Crippen LogP contribution is -2.04. The Hall–Kier alpha value is -3.08. The van der Waals surface area contributed by atoms with E-state index in [-0.39, 0.29) is 18.8 Å². The third-order valence-corrected chi connectivity index (χ3v) is 3.78. The highest BCUT2D eigenvalue weighted by Crippen LogP contribution is 2.31. The molecule has 0 atom stereocenters. The molecule has 0 radical (unpaired) electrons. The molecule has 5 nitrogen and oxygen atoms in total. The maximum Gasteiger partial charge on any atom is 0.309 e. The van der Waals surface area contributed by atoms with E-state index in [4.69, 9.17) is 9.84 Å². The Bertz CT molecular complexity index is 911. The van der Waals surface area contributed by atoms with Crippen molar-refractivity contribution in [3.05, 3.63) is 65.4 Å². The number of para-hydroxylation sites is 1. The van der Waals surface area contributed by atoms with Gasteiger partial charge in [0, 0.05) is 16.5 Å². The number of carboxylic acids is 1. The number of aromatic amines is 1. The maximum atomic E-state index is 11.5. The molecular formula is C19H17NO4. The molecule has 2 N–H and O–H groups in total. The summed E-state index contributed by atoms with van der Waals surface area (Å²) in [6.07, 6.45) is -0.141. The van der Waals surface area contributed by atoms with Crippen LogP contribution in [-0.2, 0) is 17.8 Å². The summed E-state index contributed by atoms with van der Waals surface area (Å²) in [4.78, 5) is 25.6. The van der Waals surface area contributed by atoms with Crippen molar-refractivity contribution < 1.29 is 19.4 Å². The lowest BCUT2D eigenvalue weighted by Gasteiger charge is -2.08. The number of hydrogen-bond donors (Lipinski definition) is 2. The molecule has 1 heterocycles. The number of carbonyl (C=O) groups is 2. The Balaban J connectivity index is 1.90. The summed E-state index contributed by atoms with van der Waals surface area (Å²) >= 11 is 0. The van der Waals surface area contributed by atoms with Gasteiger partial charge in [0.05, 0.1) is 12.1 Å². The molecule has 0 spiro atoms. The largest absolute Gasteiger partial charge is 0.486 e. The van der Waals surface area contributed by atoms with E-state index in [2.05, 4.69) is 4.98 Å². The summed E-state index contributed by atoms with van der Waals surface area (Å²) < 4.78 is 5.91. The Morgan fingerprint density at radius 3 is 2.67 bits per heavy atom. The molecule has 1 aromatic heterocycles. The summed E-state index contributed by atoms with van der Waals surface area (Å²) in [6, 6.07) is 14.7. The van der Waals surface area contributed by atoms with Crippen molar-refractivity contribution in [1.29, 1.82) is 0 Å². The first-order valence-corrected chi connectivity index (χ1v) is 7.58. The number of carbonyl (C=O) groups excluding carboxylic acids is 1. The molecule has 2 aromatic carbocycles. The summed E-state index contributed by atoms with van der Waals surface area (Å²) in [7, 11) is 0. The fraction of sp³-hybridized carbons (Fsp3) is 0.158. The van der Waals surface area contributed by atoms with Crippen LogP contribution in [0.25, 0.3) is 10.9 Å². The van der Waals surface area contributed by atoms with E-state index in [0.717, 1.165) is 16.5 Å². The van der Waals surface area contributed by atoms with E-state index in [0.29, 0.717) is 17.0 Å². The highest BCUT2D eigenvalue weighted by molar-refractivity contribution is 5.94. The van der Waals surface area contributed by atoms with Gasteiger partial charge in [0.15, 0.2) is 5.78 Å². The predicted molar refractivity (Wildman–Crippen MR) is 90.4 cm³/mol. The average Bonchev–Trinajstić information content (AvgIpc) is 2.89. The topological polar surface area (TPSA) is 79.4 Å². The molecule has 122 valence electrons. The summed E-state index contributed by atoms with van der Waals surface area (Å²) in [5, 5.41) is 9.93. The highest BCUT2D eigenvalue weighted by Gasteiger charge is 2.15. The highest BCUT2D eigenvalue weighted by atomic mass is 16.5. The molecule has 3 rings (SSSR count). The van der Waals surface area contributed by atoms with Crippen LogP contribution < -0.4 is 4.74 Å². The predicted octanol–water partition coefficient (Wildman–Crippen LogP) is 3.58. The van der Waals surface area contributed by atoms with Gasteiger partial charge in [-0.3, -0.25) is 9.59 Å². The Kier molecular flexibility index (Phi) is 4.33. The number of hydrogen-bond acceptors (Lipinski definition) is 3. The van der Waals surface area contributed by atoms with Gasteiger partial charge in [-0.25, -0.2) is 0 Å². The number of ketones is 1. The number of Topliss-reactive ketones (excluding diaryl/α,β-unsaturated/α-hetero) is 1. The van der Waals surface area contributed by atoms with Crippen LogP contribution in [0.1, 0.15) is 28.5 Å². The lowest BCUT2D eigenvalue weighted by molar-refractivity contribution is -0.136. The first-order valence-electron chi connectivity index (χ1n) is 7.58. The smallest absolute Gasteiger partial charge is 0.309 e. The van der Waals surface area contributed by atoms with Gasteiger partial charge in [-0.15, -0.1) is 0 Å². The number of rotatable bonds is 6.